The van der Waals surface area contributed by atoms with Gasteiger partial charge >= 0.3 is 0 Å². The molecule has 0 unspecified atom stereocenters. The van der Waals surface area contributed by atoms with Crippen molar-refractivity contribution in [1.29, 1.82) is 0 Å². The second-order valence-corrected chi connectivity index (χ2v) is 6.22. The van der Waals surface area contributed by atoms with Gasteiger partial charge in [0.05, 0.1) is 4.91 Å². The van der Waals surface area contributed by atoms with Crippen molar-refractivity contribution in [3.63, 3.8) is 0 Å². The van der Waals surface area contributed by atoms with Crippen LogP contribution in [-0.2, 0) is 4.79 Å². The monoisotopic (exact) mass is 345 g/mol. The minimum atomic E-state index is -0.329. The predicted molar refractivity (Wildman–Crippen MR) is 92.0 cm³/mol. The average molecular weight is 346 g/mol. The Morgan fingerprint density at radius 3 is 2.61 bits per heavy atom. The first-order valence-electron chi connectivity index (χ1n) is 6.80. The van der Waals surface area contributed by atoms with E-state index in [1.54, 1.807) is 24.3 Å². The van der Waals surface area contributed by atoms with Gasteiger partial charge in [-0.25, -0.2) is 0 Å². The van der Waals surface area contributed by atoms with Crippen LogP contribution in [0.5, 0.6) is 0 Å². The van der Waals surface area contributed by atoms with E-state index in [1.165, 1.54) is 6.08 Å². The summed E-state index contributed by atoms with van der Waals surface area (Å²) in [6, 6.07) is 10.8. The number of halogens is 1. The molecule has 0 aliphatic carbocycles. The number of hydrogen-bond acceptors (Lipinski definition) is 4. The summed E-state index contributed by atoms with van der Waals surface area (Å²) in [7, 11) is 0. The summed E-state index contributed by atoms with van der Waals surface area (Å²) in [5.74, 6) is 0.849. The van der Waals surface area contributed by atoms with E-state index in [9.17, 15) is 9.59 Å². The van der Waals surface area contributed by atoms with Crippen LogP contribution in [0, 0.1) is 0 Å². The summed E-state index contributed by atoms with van der Waals surface area (Å²) in [5.41, 5.74) is 0.883. The van der Waals surface area contributed by atoms with Crippen molar-refractivity contribution in [2.24, 2.45) is 0 Å². The third-order valence-electron chi connectivity index (χ3n) is 3.21. The third kappa shape index (κ3) is 3.25. The van der Waals surface area contributed by atoms with Gasteiger partial charge < -0.3 is 4.42 Å². The van der Waals surface area contributed by atoms with Crippen LogP contribution < -0.4 is 0 Å². The van der Waals surface area contributed by atoms with Crippen LogP contribution in [0.1, 0.15) is 5.76 Å². The largest absolute Gasteiger partial charge is 0.457 e. The first kappa shape index (κ1) is 15.6. The minimum absolute atomic E-state index is 0.205. The number of nitrogens with zero attached hydrogens (tertiary/aromatic N) is 1. The Bertz CT molecular complexity index is 808. The number of benzene rings is 1. The van der Waals surface area contributed by atoms with Crippen molar-refractivity contribution in [3.8, 4) is 11.3 Å². The molecule has 2 aromatic rings. The Morgan fingerprint density at radius 2 is 1.91 bits per heavy atom. The Morgan fingerprint density at radius 1 is 1.17 bits per heavy atom. The number of imide groups is 1. The maximum atomic E-state index is 12.1. The van der Waals surface area contributed by atoms with Crippen LogP contribution in [0.2, 0.25) is 5.02 Å². The fraction of sp³-hybridized carbons (Fsp3) is 0.0588. The molecule has 0 N–H and O–H groups in total. The maximum Gasteiger partial charge on any atom is 0.293 e. The highest BCUT2D eigenvalue weighted by Gasteiger charge is 2.34. The van der Waals surface area contributed by atoms with Crippen molar-refractivity contribution in [3.05, 3.63) is 64.7 Å². The molecule has 1 aromatic carbocycles. The highest BCUT2D eigenvalue weighted by Crippen LogP contribution is 2.33. The summed E-state index contributed by atoms with van der Waals surface area (Å²) in [6.45, 7) is 3.75. The number of amides is 2. The van der Waals surface area contributed by atoms with Crippen LogP contribution >= 0.6 is 23.4 Å². The zero-order chi connectivity index (χ0) is 16.4. The molecule has 1 aliphatic rings. The van der Waals surface area contributed by atoms with Crippen molar-refractivity contribution in [2.75, 3.05) is 6.54 Å². The van der Waals surface area contributed by atoms with E-state index in [4.69, 9.17) is 16.0 Å². The molecule has 0 saturated carbocycles. The second-order valence-electron chi connectivity index (χ2n) is 4.79. The molecule has 2 heterocycles. The molecule has 6 heteroatoms. The van der Waals surface area contributed by atoms with Gasteiger partial charge in [0.1, 0.15) is 11.5 Å². The highest BCUT2D eigenvalue weighted by molar-refractivity contribution is 8.18. The van der Waals surface area contributed by atoms with E-state index >= 15 is 0 Å². The number of rotatable bonds is 4. The molecule has 0 radical (unpaired) electrons. The molecule has 2 amide bonds. The molecule has 0 spiro atoms. The fourth-order valence-corrected chi connectivity index (χ4v) is 3.07. The van der Waals surface area contributed by atoms with Gasteiger partial charge in [0.25, 0.3) is 11.1 Å². The first-order chi connectivity index (χ1) is 11.1. The zero-order valence-corrected chi connectivity index (χ0v) is 13.6. The normalized spacial score (nSPS) is 16.4. The van der Waals surface area contributed by atoms with E-state index in [-0.39, 0.29) is 17.7 Å². The zero-order valence-electron chi connectivity index (χ0n) is 12.0. The number of hydrogen-bond donors (Lipinski definition) is 0. The minimum Gasteiger partial charge on any atom is -0.457 e. The van der Waals surface area contributed by atoms with Crippen LogP contribution in [0.15, 0.2) is 58.4 Å². The van der Waals surface area contributed by atoms with Gasteiger partial charge in [0.15, 0.2) is 0 Å². The van der Waals surface area contributed by atoms with Gasteiger partial charge in [-0.05, 0) is 48.2 Å². The van der Waals surface area contributed by atoms with Crippen molar-refractivity contribution in [1.82, 2.24) is 4.90 Å². The predicted octanol–water partition coefficient (Wildman–Crippen LogP) is 4.82. The third-order valence-corrected chi connectivity index (χ3v) is 4.37. The van der Waals surface area contributed by atoms with E-state index in [0.717, 1.165) is 22.2 Å². The Labute approximate surface area is 142 Å². The molecule has 23 heavy (non-hydrogen) atoms. The summed E-state index contributed by atoms with van der Waals surface area (Å²) in [6.07, 6.45) is 3.10. The molecular formula is C17H12ClNO3S. The molecule has 0 bridgehead atoms. The average Bonchev–Trinajstić information content (AvgIpc) is 3.09. The van der Waals surface area contributed by atoms with Gasteiger partial charge in [0.2, 0.25) is 0 Å². The standard InChI is InChI=1S/C17H12ClNO3S/c1-2-9-19-16(20)15(23-17(19)21)10-13-7-8-14(22-13)11-3-5-12(18)6-4-11/h2-8,10H,1,9H2/b15-10+. The van der Waals surface area contributed by atoms with Crippen LogP contribution in [0.25, 0.3) is 17.4 Å². The van der Waals surface area contributed by atoms with Gasteiger partial charge in [-0.2, -0.15) is 0 Å². The number of carbonyl (C=O) groups is 2. The smallest absolute Gasteiger partial charge is 0.293 e. The second kappa shape index (κ2) is 6.48. The van der Waals surface area contributed by atoms with Gasteiger partial charge in [-0.1, -0.05) is 17.7 Å². The quantitative estimate of drug-likeness (QED) is 0.588. The van der Waals surface area contributed by atoms with E-state index in [2.05, 4.69) is 6.58 Å². The number of furan rings is 1. The van der Waals surface area contributed by atoms with Gasteiger partial charge in [-0.15, -0.1) is 6.58 Å². The van der Waals surface area contributed by atoms with Gasteiger partial charge in [-0.3, -0.25) is 14.5 Å². The summed E-state index contributed by atoms with van der Waals surface area (Å²) < 4.78 is 5.72. The Balaban J connectivity index is 1.84. The summed E-state index contributed by atoms with van der Waals surface area (Å²) >= 11 is 6.76. The van der Waals surface area contributed by atoms with Crippen LogP contribution in [-0.4, -0.2) is 22.6 Å². The fourth-order valence-electron chi connectivity index (χ4n) is 2.12. The van der Waals surface area contributed by atoms with Crippen molar-refractivity contribution >= 4 is 40.6 Å². The van der Waals surface area contributed by atoms with E-state index < -0.39 is 0 Å². The first-order valence-corrected chi connectivity index (χ1v) is 8.00. The molecular weight excluding hydrogens is 334 g/mol. The molecule has 0 atom stereocenters. The highest BCUT2D eigenvalue weighted by atomic mass is 35.5. The maximum absolute atomic E-state index is 12.1. The lowest BCUT2D eigenvalue weighted by Gasteiger charge is -2.07. The Kier molecular flexibility index (Phi) is 4.41. The summed E-state index contributed by atoms with van der Waals surface area (Å²) in [4.78, 5) is 25.4. The van der Waals surface area contributed by atoms with Crippen molar-refractivity contribution in [2.45, 2.75) is 0 Å². The van der Waals surface area contributed by atoms with E-state index in [1.807, 2.05) is 18.2 Å². The molecule has 1 aliphatic heterocycles. The molecule has 116 valence electrons. The summed E-state index contributed by atoms with van der Waals surface area (Å²) in [5, 5.41) is 0.349. The van der Waals surface area contributed by atoms with E-state index in [0.29, 0.717) is 21.4 Å². The Hall–Kier alpha value is -2.24. The van der Waals surface area contributed by atoms with Crippen LogP contribution in [0.3, 0.4) is 0 Å². The lowest BCUT2D eigenvalue weighted by Crippen LogP contribution is -2.27. The molecule has 1 fully saturated rings. The SMILES string of the molecule is C=CCN1C(=O)S/C(=C/c2ccc(-c3ccc(Cl)cc3)o2)C1=O. The van der Waals surface area contributed by atoms with Crippen LogP contribution in [0.4, 0.5) is 4.79 Å². The lowest BCUT2D eigenvalue weighted by molar-refractivity contribution is -0.122. The molecule has 1 saturated heterocycles. The lowest BCUT2D eigenvalue weighted by atomic mass is 10.2. The van der Waals surface area contributed by atoms with Crippen molar-refractivity contribution < 1.29 is 14.0 Å². The molecule has 4 nitrogen and oxygen atoms in total. The molecule has 3 rings (SSSR count). The molecule has 1 aromatic heterocycles. The topological polar surface area (TPSA) is 50.5 Å². The number of thioether (sulfide) groups is 1. The number of carbonyl (C=O) groups excluding carboxylic acids is 2. The van der Waals surface area contributed by atoms with Gasteiger partial charge in [0, 0.05) is 23.2 Å².